The molecule has 23 heavy (non-hydrogen) atoms. The Morgan fingerprint density at radius 3 is 2.57 bits per heavy atom. The van der Waals surface area contributed by atoms with Crippen molar-refractivity contribution in [2.45, 2.75) is 26.9 Å². The van der Waals surface area contributed by atoms with Crippen LogP contribution in [0.4, 0.5) is 10.9 Å². The van der Waals surface area contributed by atoms with Crippen LogP contribution in [-0.2, 0) is 17.8 Å². The van der Waals surface area contributed by atoms with Crippen molar-refractivity contribution in [1.82, 2.24) is 15.0 Å². The molecule has 2 aromatic rings. The van der Waals surface area contributed by atoms with Gasteiger partial charge in [0.15, 0.2) is 11.0 Å². The van der Waals surface area contributed by atoms with Crippen LogP contribution in [0.2, 0.25) is 0 Å². The van der Waals surface area contributed by atoms with E-state index in [1.807, 2.05) is 19.2 Å². The van der Waals surface area contributed by atoms with E-state index in [2.05, 4.69) is 31.7 Å². The zero-order valence-corrected chi connectivity index (χ0v) is 14.8. The van der Waals surface area contributed by atoms with Gasteiger partial charge in [-0.2, -0.15) is 0 Å². The van der Waals surface area contributed by atoms with Crippen molar-refractivity contribution < 1.29 is 4.74 Å². The fraction of sp³-hybridized carbons (Fsp3) is 0.562. The molecule has 0 atom stereocenters. The second-order valence-corrected chi connectivity index (χ2v) is 6.75. The molecule has 1 aliphatic rings. The summed E-state index contributed by atoms with van der Waals surface area (Å²) < 4.78 is 5.15. The van der Waals surface area contributed by atoms with Gasteiger partial charge >= 0.3 is 0 Å². The Labute approximate surface area is 141 Å². The first kappa shape index (κ1) is 16.1. The zero-order valence-electron chi connectivity index (χ0n) is 13.9. The quantitative estimate of drug-likeness (QED) is 0.837. The number of aryl methyl sites for hydroxylation is 2. The van der Waals surface area contributed by atoms with Gasteiger partial charge in [0.2, 0.25) is 0 Å². The second kappa shape index (κ2) is 7.23. The SMILES string of the molecule is CCc1cnc(N2CCN(c3cc(C)nc(COC)n3)CC2)s1. The van der Waals surface area contributed by atoms with Gasteiger partial charge in [0, 0.05) is 56.1 Å². The number of hydrogen-bond donors (Lipinski definition) is 0. The number of aromatic nitrogens is 3. The highest BCUT2D eigenvalue weighted by Gasteiger charge is 2.21. The second-order valence-electron chi connectivity index (χ2n) is 5.65. The summed E-state index contributed by atoms with van der Waals surface area (Å²) in [6.45, 7) is 8.47. The third-order valence-electron chi connectivity index (χ3n) is 3.92. The Morgan fingerprint density at radius 1 is 1.17 bits per heavy atom. The predicted octanol–water partition coefficient (Wildman–Crippen LogP) is 2.28. The molecular formula is C16H23N5OS. The molecule has 7 heteroatoms. The Balaban J connectivity index is 1.66. The summed E-state index contributed by atoms with van der Waals surface area (Å²) in [5, 5.41) is 1.14. The number of hydrogen-bond acceptors (Lipinski definition) is 7. The van der Waals surface area contributed by atoms with Crippen molar-refractivity contribution in [2.24, 2.45) is 0 Å². The minimum Gasteiger partial charge on any atom is -0.377 e. The fourth-order valence-electron chi connectivity index (χ4n) is 2.70. The monoisotopic (exact) mass is 333 g/mol. The number of anilines is 2. The van der Waals surface area contributed by atoms with Gasteiger partial charge in [0.25, 0.3) is 0 Å². The molecule has 2 aromatic heterocycles. The van der Waals surface area contributed by atoms with Crippen LogP contribution in [0.3, 0.4) is 0 Å². The van der Waals surface area contributed by atoms with Gasteiger partial charge in [0.05, 0.1) is 0 Å². The smallest absolute Gasteiger partial charge is 0.185 e. The van der Waals surface area contributed by atoms with Crippen molar-refractivity contribution in [3.63, 3.8) is 0 Å². The van der Waals surface area contributed by atoms with Crippen molar-refractivity contribution in [3.05, 3.63) is 28.7 Å². The van der Waals surface area contributed by atoms with Crippen LogP contribution in [0, 0.1) is 6.92 Å². The summed E-state index contributed by atoms with van der Waals surface area (Å²) >= 11 is 1.80. The lowest BCUT2D eigenvalue weighted by atomic mass is 10.3. The Morgan fingerprint density at radius 2 is 1.91 bits per heavy atom. The maximum Gasteiger partial charge on any atom is 0.185 e. The number of piperazine rings is 1. The molecular weight excluding hydrogens is 310 g/mol. The number of ether oxygens (including phenoxy) is 1. The summed E-state index contributed by atoms with van der Waals surface area (Å²) in [7, 11) is 1.67. The molecule has 1 fully saturated rings. The highest BCUT2D eigenvalue weighted by Crippen LogP contribution is 2.25. The Hall–Kier alpha value is -1.73. The molecule has 1 saturated heterocycles. The van der Waals surface area contributed by atoms with Crippen molar-refractivity contribution in [2.75, 3.05) is 43.1 Å². The topological polar surface area (TPSA) is 54.4 Å². The molecule has 0 bridgehead atoms. The summed E-state index contributed by atoms with van der Waals surface area (Å²) in [5.74, 6) is 1.75. The van der Waals surface area contributed by atoms with E-state index in [-0.39, 0.29) is 0 Å². The highest BCUT2D eigenvalue weighted by molar-refractivity contribution is 7.15. The van der Waals surface area contributed by atoms with Crippen LogP contribution in [0.15, 0.2) is 12.3 Å². The van der Waals surface area contributed by atoms with Gasteiger partial charge in [0.1, 0.15) is 12.4 Å². The standard InChI is InChI=1S/C16H23N5OS/c1-4-13-10-17-16(23-13)21-7-5-20(6-8-21)15-9-12(2)18-14(19-15)11-22-3/h9-10H,4-8,11H2,1-3H3. The van der Waals surface area contributed by atoms with E-state index in [1.165, 1.54) is 4.88 Å². The predicted molar refractivity (Wildman–Crippen MR) is 93.4 cm³/mol. The largest absolute Gasteiger partial charge is 0.377 e. The summed E-state index contributed by atoms with van der Waals surface area (Å²) in [4.78, 5) is 19.6. The molecule has 0 unspecified atom stereocenters. The molecule has 6 nitrogen and oxygen atoms in total. The minimum atomic E-state index is 0.452. The van der Waals surface area contributed by atoms with Crippen LogP contribution in [0.25, 0.3) is 0 Å². The summed E-state index contributed by atoms with van der Waals surface area (Å²) in [6, 6.07) is 2.05. The molecule has 3 rings (SSSR count). The minimum absolute atomic E-state index is 0.452. The first-order valence-corrected chi connectivity index (χ1v) is 8.79. The van der Waals surface area contributed by atoms with Crippen LogP contribution in [-0.4, -0.2) is 48.2 Å². The first-order valence-electron chi connectivity index (χ1n) is 7.97. The van der Waals surface area contributed by atoms with Crippen LogP contribution in [0.1, 0.15) is 23.3 Å². The van der Waals surface area contributed by atoms with Gasteiger partial charge in [-0.1, -0.05) is 6.92 Å². The zero-order chi connectivity index (χ0) is 16.2. The molecule has 124 valence electrons. The van der Waals surface area contributed by atoms with Crippen molar-refractivity contribution in [3.8, 4) is 0 Å². The van der Waals surface area contributed by atoms with Gasteiger partial charge in [-0.05, 0) is 13.3 Å². The third-order valence-corrected chi connectivity index (χ3v) is 5.13. The third kappa shape index (κ3) is 3.79. The molecule has 0 saturated carbocycles. The summed E-state index contributed by atoms with van der Waals surface area (Å²) in [5.41, 5.74) is 0.983. The Kier molecular flexibility index (Phi) is 5.07. The van der Waals surface area contributed by atoms with E-state index in [0.29, 0.717) is 6.61 Å². The number of nitrogens with zero attached hydrogens (tertiary/aromatic N) is 5. The number of methoxy groups -OCH3 is 1. The normalized spacial score (nSPS) is 15.3. The maximum absolute atomic E-state index is 5.15. The van der Waals surface area contributed by atoms with Gasteiger partial charge in [-0.3, -0.25) is 0 Å². The van der Waals surface area contributed by atoms with Gasteiger partial charge < -0.3 is 14.5 Å². The molecule has 0 aromatic carbocycles. The van der Waals surface area contributed by atoms with E-state index in [4.69, 9.17) is 4.74 Å². The van der Waals surface area contributed by atoms with E-state index in [0.717, 1.165) is 55.1 Å². The lowest BCUT2D eigenvalue weighted by Crippen LogP contribution is -2.47. The van der Waals surface area contributed by atoms with Gasteiger partial charge in [-0.25, -0.2) is 15.0 Å². The fourth-order valence-corrected chi connectivity index (χ4v) is 3.60. The van der Waals surface area contributed by atoms with Crippen LogP contribution in [0.5, 0.6) is 0 Å². The van der Waals surface area contributed by atoms with E-state index in [1.54, 1.807) is 18.4 Å². The molecule has 3 heterocycles. The number of thiazole rings is 1. The van der Waals surface area contributed by atoms with Gasteiger partial charge in [-0.15, -0.1) is 11.3 Å². The lowest BCUT2D eigenvalue weighted by Gasteiger charge is -2.35. The molecule has 0 amide bonds. The highest BCUT2D eigenvalue weighted by atomic mass is 32.1. The van der Waals surface area contributed by atoms with Crippen molar-refractivity contribution >= 4 is 22.3 Å². The molecule has 0 N–H and O–H groups in total. The first-order chi connectivity index (χ1) is 11.2. The Bertz CT molecular complexity index is 652. The lowest BCUT2D eigenvalue weighted by molar-refractivity contribution is 0.177. The molecule has 0 radical (unpaired) electrons. The summed E-state index contributed by atoms with van der Waals surface area (Å²) in [6.07, 6.45) is 3.05. The van der Waals surface area contributed by atoms with Crippen LogP contribution >= 0.6 is 11.3 Å². The molecule has 0 spiro atoms. The van der Waals surface area contributed by atoms with E-state index >= 15 is 0 Å². The number of rotatable bonds is 5. The maximum atomic E-state index is 5.15. The van der Waals surface area contributed by atoms with E-state index < -0.39 is 0 Å². The average molecular weight is 333 g/mol. The molecule has 0 aliphatic carbocycles. The molecule has 1 aliphatic heterocycles. The van der Waals surface area contributed by atoms with E-state index in [9.17, 15) is 0 Å². The van der Waals surface area contributed by atoms with Crippen molar-refractivity contribution in [1.29, 1.82) is 0 Å². The van der Waals surface area contributed by atoms with Crippen LogP contribution < -0.4 is 9.80 Å². The average Bonchev–Trinajstić information content (AvgIpc) is 3.04.